The third kappa shape index (κ3) is 4.77. The summed E-state index contributed by atoms with van der Waals surface area (Å²) >= 11 is 0. The van der Waals surface area contributed by atoms with Crippen molar-refractivity contribution >= 4 is 34.3 Å². The molecule has 0 aromatic heterocycles. The van der Waals surface area contributed by atoms with Gasteiger partial charge in [0.25, 0.3) is 0 Å². The molecule has 0 spiro atoms. The molecule has 0 aliphatic heterocycles. The number of hydrogen-bond donors (Lipinski definition) is 5. The third-order valence-corrected chi connectivity index (χ3v) is 7.24. The second kappa shape index (κ2) is 5.99. The maximum Gasteiger partial charge on any atom is 0.479 e. The van der Waals surface area contributed by atoms with Crippen LogP contribution in [0, 0.1) is 0 Å². The Bertz CT molecular complexity index is 585. The fourth-order valence-corrected chi connectivity index (χ4v) is 5.25. The number of benzene rings is 1. The number of carbonyl (C=O) groups excluding carboxylic acids is 1. The van der Waals surface area contributed by atoms with Crippen LogP contribution in [0.15, 0.2) is 24.3 Å². The highest BCUT2D eigenvalue weighted by molar-refractivity contribution is 7.78. The first-order valence-corrected chi connectivity index (χ1v) is 12.8. The van der Waals surface area contributed by atoms with Crippen molar-refractivity contribution in [3.63, 3.8) is 0 Å². The summed E-state index contributed by atoms with van der Waals surface area (Å²) in [5, 5.41) is 0.851. The fraction of sp³-hybridized carbons (Fsp3) is 0.364. The highest BCUT2D eigenvalue weighted by Gasteiger charge is 2.54. The minimum absolute atomic E-state index is 0.0326. The van der Waals surface area contributed by atoms with Crippen molar-refractivity contribution in [3.05, 3.63) is 29.8 Å². The van der Waals surface area contributed by atoms with Crippen molar-refractivity contribution in [1.82, 2.24) is 0 Å². The summed E-state index contributed by atoms with van der Waals surface area (Å²) < 4.78 is 11.6. The van der Waals surface area contributed by atoms with Crippen LogP contribution in [0.1, 0.15) is 11.2 Å². The predicted octanol–water partition coefficient (Wildman–Crippen LogP) is 0.717. The zero-order valence-electron chi connectivity index (χ0n) is 11.8. The number of rotatable bonds is 5. The van der Waals surface area contributed by atoms with Crippen LogP contribution in [0.3, 0.4) is 0 Å². The van der Waals surface area contributed by atoms with Gasteiger partial charge in [-0.2, -0.15) is 14.7 Å². The van der Waals surface area contributed by atoms with E-state index in [-0.39, 0.29) is 5.56 Å². The molecule has 0 saturated heterocycles. The van der Waals surface area contributed by atoms with E-state index in [1.54, 1.807) is 12.1 Å². The summed E-state index contributed by atoms with van der Waals surface area (Å²) in [7, 11) is -11.8. The molecule has 1 aromatic carbocycles. The monoisotopic (exact) mass is 353 g/mol. The van der Waals surface area contributed by atoms with Crippen LogP contribution in [0.4, 0.5) is 0 Å². The average molecular weight is 353 g/mol. The van der Waals surface area contributed by atoms with E-state index in [1.165, 1.54) is 12.1 Å². The Morgan fingerprint density at radius 2 is 1.71 bits per heavy atom. The zero-order chi connectivity index (χ0) is 16.6. The van der Waals surface area contributed by atoms with Gasteiger partial charge < -0.3 is 9.79 Å². The van der Waals surface area contributed by atoms with Gasteiger partial charge in [-0.1, -0.05) is 49.1 Å². The van der Waals surface area contributed by atoms with Gasteiger partial charge in [-0.05, 0) is 5.56 Å². The average Bonchev–Trinajstić information content (AvgIpc) is 2.25. The molecular weight excluding hydrogens is 334 g/mol. The molecule has 1 unspecified atom stereocenters. The maximum atomic E-state index is 11.8. The van der Waals surface area contributed by atoms with E-state index >= 15 is 0 Å². The second-order valence-electron chi connectivity index (χ2n) is 5.77. The lowest BCUT2D eigenvalue weighted by Crippen LogP contribution is -2.37. The smallest absolute Gasteiger partial charge is 0.324 e. The van der Waals surface area contributed by atoms with E-state index in [0.29, 0.717) is 0 Å². The van der Waals surface area contributed by atoms with Crippen molar-refractivity contribution < 1.29 is 33.8 Å². The molecule has 0 aliphatic rings. The molecule has 0 saturated carbocycles. The van der Waals surface area contributed by atoms with Crippen LogP contribution in [0.25, 0.3) is 0 Å². The van der Waals surface area contributed by atoms with Crippen LogP contribution in [-0.2, 0) is 9.36 Å². The molecule has 118 valence electrons. The van der Waals surface area contributed by atoms with Gasteiger partial charge in [-0.15, -0.1) is 0 Å². The lowest BCUT2D eigenvalue weighted by atomic mass is 10.1. The van der Waals surface area contributed by atoms with Crippen LogP contribution in [0.2, 0.25) is 19.6 Å². The van der Waals surface area contributed by atoms with E-state index in [4.69, 9.17) is 14.7 Å². The fourth-order valence-electron chi connectivity index (χ4n) is 1.82. The van der Waals surface area contributed by atoms with E-state index in [0.717, 1.165) is 5.19 Å². The van der Waals surface area contributed by atoms with Crippen molar-refractivity contribution in [3.8, 4) is 0 Å². The van der Waals surface area contributed by atoms with E-state index in [1.807, 2.05) is 19.6 Å². The third-order valence-electron chi connectivity index (χ3n) is 2.93. The highest BCUT2D eigenvalue weighted by Crippen LogP contribution is 2.61. The van der Waals surface area contributed by atoms with Crippen molar-refractivity contribution in [2.24, 2.45) is 0 Å². The van der Waals surface area contributed by atoms with Crippen LogP contribution in [-0.4, -0.2) is 38.1 Å². The van der Waals surface area contributed by atoms with Crippen LogP contribution >= 0.6 is 15.5 Å². The van der Waals surface area contributed by atoms with E-state index in [2.05, 4.69) is 0 Å². The summed E-state index contributed by atoms with van der Waals surface area (Å²) in [4.78, 5) is 57.6. The molecule has 1 atom stereocenters. The van der Waals surface area contributed by atoms with E-state index in [9.17, 15) is 19.1 Å². The summed E-state index contributed by atoms with van der Waals surface area (Å²) in [6.45, 7) is 6.05. The van der Waals surface area contributed by atoms with Crippen molar-refractivity contribution in [1.29, 1.82) is 0 Å². The van der Waals surface area contributed by atoms with Gasteiger partial charge in [0.15, 0.2) is 5.66 Å². The minimum atomic E-state index is -5.01. The Morgan fingerprint density at radius 3 is 2.10 bits per heavy atom. The zero-order valence-corrected chi connectivity index (χ0v) is 14.6. The molecule has 0 bridgehead atoms. The molecule has 1 aromatic rings. The predicted molar refractivity (Wildman–Crippen MR) is 82.8 cm³/mol. The molecule has 0 radical (unpaired) electrons. The Balaban J connectivity index is 3.43. The Hall–Kier alpha value is -0.433. The molecule has 7 nitrogen and oxygen atoms in total. The second-order valence-corrected chi connectivity index (χ2v) is 14.1. The summed E-state index contributed by atoms with van der Waals surface area (Å²) in [6, 6.07) is 6.13. The molecule has 21 heavy (non-hydrogen) atoms. The van der Waals surface area contributed by atoms with Gasteiger partial charge in [-0.25, -0.2) is 4.79 Å². The topological polar surface area (TPSA) is 135 Å². The first-order valence-electron chi connectivity index (χ1n) is 6.02. The van der Waals surface area contributed by atoms with Gasteiger partial charge in [0.1, 0.15) is 0 Å². The van der Waals surface area contributed by atoms with E-state index < -0.39 is 34.8 Å². The van der Waals surface area contributed by atoms with Gasteiger partial charge in [0, 0.05) is 0 Å². The molecule has 0 heterocycles. The SMILES string of the molecule is C[Si](C)(C)c1cccc(C(C(=O)[P+](O)(O)O)P(=O)(O)O)c1. The number of hydrogen-bond acceptors (Lipinski definition) is 5. The van der Waals surface area contributed by atoms with Crippen molar-refractivity contribution in [2.75, 3.05) is 0 Å². The highest BCUT2D eigenvalue weighted by atomic mass is 31.2. The molecule has 10 heteroatoms. The van der Waals surface area contributed by atoms with Crippen LogP contribution < -0.4 is 5.19 Å². The standard InChI is InChI=1S/C11H18O7P2Si/c1-21(2,3)9-6-4-5-8(7-9)10(19(13,14)15)11(12)20(16,17)18/h4-7,10,16-18H,1-3H3,(H-,13,14,15)/p+1. The van der Waals surface area contributed by atoms with Crippen molar-refractivity contribution in [2.45, 2.75) is 25.3 Å². The lowest BCUT2D eigenvalue weighted by molar-refractivity contribution is -0.114. The largest absolute Gasteiger partial charge is 0.479 e. The molecule has 5 N–H and O–H groups in total. The summed E-state index contributed by atoms with van der Waals surface area (Å²) in [6.07, 6.45) is 0. The quantitative estimate of drug-likeness (QED) is 0.389. The number of carbonyl (C=O) groups is 1. The van der Waals surface area contributed by atoms with Gasteiger partial charge >= 0.3 is 21.1 Å². The molecule has 0 amide bonds. The Kier molecular flexibility index (Phi) is 5.31. The Labute approximate surface area is 124 Å². The molecular formula is C11H19O7P2Si+. The minimum Gasteiger partial charge on any atom is -0.324 e. The molecule has 0 fully saturated rings. The van der Waals surface area contributed by atoms with Gasteiger partial charge in [-0.3, -0.25) is 4.57 Å². The van der Waals surface area contributed by atoms with Gasteiger partial charge in [0.2, 0.25) is 0 Å². The summed E-state index contributed by atoms with van der Waals surface area (Å²) in [5.74, 6) is 0. The maximum absolute atomic E-state index is 11.8. The van der Waals surface area contributed by atoms with Gasteiger partial charge in [0.05, 0.1) is 8.07 Å². The molecule has 1 rings (SSSR count). The summed E-state index contributed by atoms with van der Waals surface area (Å²) in [5.41, 5.74) is -3.76. The first-order chi connectivity index (χ1) is 9.24. The Morgan fingerprint density at radius 1 is 1.19 bits per heavy atom. The molecule has 0 aliphatic carbocycles. The van der Waals surface area contributed by atoms with Crippen LogP contribution in [0.5, 0.6) is 0 Å². The normalized spacial score (nSPS) is 14.9. The first kappa shape index (κ1) is 18.6. The lowest BCUT2D eigenvalue weighted by Gasteiger charge is -2.21.